The van der Waals surface area contributed by atoms with E-state index in [4.69, 9.17) is 0 Å². The third-order valence-electron chi connectivity index (χ3n) is 0.262. The number of hydrogen-bond donors (Lipinski definition) is 0. The van der Waals surface area contributed by atoms with Crippen molar-refractivity contribution in [2.24, 2.45) is 0 Å². The quantitative estimate of drug-likeness (QED) is 0.529. The molecule has 0 spiro atoms. The minimum atomic E-state index is 0. The average molecular weight is 282 g/mol. The smallest absolute Gasteiger partial charge is 0 e. The zero-order chi connectivity index (χ0) is 4.99. The van der Waals surface area contributed by atoms with Crippen molar-refractivity contribution in [3.05, 3.63) is 0 Å². The maximum atomic E-state index is 4.57. The van der Waals surface area contributed by atoms with Crippen molar-refractivity contribution >= 4 is 40.1 Å². The predicted molar refractivity (Wildman–Crippen MR) is 38.1 cm³/mol. The van der Waals surface area contributed by atoms with Crippen LogP contribution in [-0.4, -0.2) is 9.28 Å². The normalized spacial score (nSPS) is 7.00. The molecule has 4 heteroatoms. The summed E-state index contributed by atoms with van der Waals surface area (Å²) >= 11 is 10.7. The second kappa shape index (κ2) is 8.00. The van der Waals surface area contributed by atoms with Crippen LogP contribution in [0.15, 0.2) is 0 Å². The van der Waals surface area contributed by atoms with E-state index in [0.29, 0.717) is 3.53 Å². The molecule has 0 rings (SSSR count). The maximum Gasteiger partial charge on any atom is 0 e. The summed E-state index contributed by atoms with van der Waals surface area (Å²) in [6.45, 7) is 2.03. The van der Waals surface area contributed by atoms with Gasteiger partial charge < -0.3 is 24.8 Å². The zero-order valence-electron chi connectivity index (χ0n) is 3.88. The van der Waals surface area contributed by atoms with E-state index in [9.17, 15) is 0 Å². The Balaban J connectivity index is 0. The average Bonchev–Trinajstić information content (AvgIpc) is 1.35. The van der Waals surface area contributed by atoms with Gasteiger partial charge in [0.2, 0.25) is 0 Å². The third-order valence-corrected chi connectivity index (χ3v) is 1.49. The van der Waals surface area contributed by atoms with Crippen LogP contribution in [0.1, 0.15) is 6.92 Å². The molecular formula is C3H5PmS3-. The topological polar surface area (TPSA) is 0 Å². The van der Waals surface area contributed by atoms with Gasteiger partial charge in [-0.05, 0) is 5.75 Å². The van der Waals surface area contributed by atoms with E-state index in [2.05, 4.69) is 24.8 Å². The van der Waals surface area contributed by atoms with Crippen molar-refractivity contribution in [3.63, 3.8) is 0 Å². The van der Waals surface area contributed by atoms with E-state index in [-0.39, 0.29) is 40.4 Å². The SMILES string of the molecule is CCSC(=S)[S-].[Pm]. The molecule has 1 radical (unpaired) electrons. The molecule has 7 heavy (non-hydrogen) atoms. The fraction of sp³-hybridized carbons (Fsp3) is 0.667. The van der Waals surface area contributed by atoms with Gasteiger partial charge in [-0.15, -0.1) is 11.8 Å². The number of thioether (sulfide) groups is 1. The molecule has 0 aliphatic heterocycles. The van der Waals surface area contributed by atoms with Gasteiger partial charge in [0.05, 0.1) is 0 Å². The van der Waals surface area contributed by atoms with E-state index in [1.165, 1.54) is 11.8 Å². The zero-order valence-corrected chi connectivity index (χ0v) is 9.20. The fourth-order valence-electron chi connectivity index (χ4n) is 0.118. The molecule has 41 valence electrons. The van der Waals surface area contributed by atoms with Crippen LogP contribution in [0.5, 0.6) is 0 Å². The summed E-state index contributed by atoms with van der Waals surface area (Å²) in [7, 11) is 0. The molecule has 0 aliphatic carbocycles. The van der Waals surface area contributed by atoms with Gasteiger partial charge in [0.25, 0.3) is 0 Å². The fourth-order valence-corrected chi connectivity index (χ4v) is 1.06. The molecule has 0 bridgehead atoms. The van der Waals surface area contributed by atoms with Gasteiger partial charge in [-0.3, -0.25) is 0 Å². The molecule has 0 unspecified atom stereocenters. The molecule has 0 heterocycles. The van der Waals surface area contributed by atoms with E-state index < -0.39 is 0 Å². The molecule has 0 aromatic carbocycles. The molecule has 0 saturated carbocycles. The summed E-state index contributed by atoms with van der Waals surface area (Å²) in [6.07, 6.45) is 0. The molecule has 0 N–H and O–H groups in total. The number of thiocarbonyl (C=S) groups is 1. The van der Waals surface area contributed by atoms with Crippen LogP contribution < -0.4 is 0 Å². The predicted octanol–water partition coefficient (Wildman–Crippen LogP) is 1.57. The Kier molecular flexibility index (Phi) is 13.4. The monoisotopic (exact) mass is 282 g/mol. The van der Waals surface area contributed by atoms with Gasteiger partial charge in [-0.25, -0.2) is 0 Å². The van der Waals surface area contributed by atoms with Crippen LogP contribution in [0.2, 0.25) is 0 Å². The van der Waals surface area contributed by atoms with Crippen LogP contribution >= 0.6 is 24.0 Å². The summed E-state index contributed by atoms with van der Waals surface area (Å²) in [6, 6.07) is 0. The van der Waals surface area contributed by atoms with Crippen LogP contribution in [0.4, 0.5) is 0 Å². The summed E-state index contributed by atoms with van der Waals surface area (Å²) in [5, 5.41) is 0. The minimum Gasteiger partial charge on any atom is -0.422 e. The molecule has 0 saturated heterocycles. The Hall–Kier alpha value is 2.00. The number of rotatable bonds is 1. The van der Waals surface area contributed by atoms with E-state index >= 15 is 0 Å². The second-order valence-corrected chi connectivity index (χ2v) is 3.55. The van der Waals surface area contributed by atoms with Gasteiger partial charge in [-0.2, -0.15) is 0 Å². The Morgan fingerprint density at radius 3 is 2.29 bits per heavy atom. The van der Waals surface area contributed by atoms with Crippen molar-refractivity contribution in [3.8, 4) is 0 Å². The summed E-state index contributed by atoms with van der Waals surface area (Å²) in [4.78, 5) is 0. The molecule has 0 nitrogen and oxygen atoms in total. The van der Waals surface area contributed by atoms with Crippen LogP contribution in [0, 0.1) is 40.4 Å². The minimum absolute atomic E-state index is 0. The Labute approximate surface area is 91.7 Å². The Morgan fingerprint density at radius 2 is 2.29 bits per heavy atom. The van der Waals surface area contributed by atoms with Gasteiger partial charge in [-0.1, -0.05) is 10.5 Å². The van der Waals surface area contributed by atoms with Crippen molar-refractivity contribution in [2.75, 3.05) is 5.75 Å². The number of hydrogen-bond acceptors (Lipinski definition) is 3. The van der Waals surface area contributed by atoms with Gasteiger partial charge in [0, 0.05) is 40.4 Å². The Bertz CT molecular complexity index is 54.1. The largest absolute Gasteiger partial charge is 0.422 e. The first-order valence-electron chi connectivity index (χ1n) is 1.61. The second-order valence-electron chi connectivity index (χ2n) is 0.683. The molecule has 0 amide bonds. The molecular weight excluding hydrogens is 277 g/mol. The van der Waals surface area contributed by atoms with E-state index in [1.807, 2.05) is 6.92 Å². The first-order valence-corrected chi connectivity index (χ1v) is 3.41. The summed E-state index contributed by atoms with van der Waals surface area (Å²) in [5.74, 6) is 1.00. The maximum absolute atomic E-state index is 4.57. The molecule has 0 aromatic heterocycles. The van der Waals surface area contributed by atoms with Gasteiger partial charge >= 0.3 is 0 Å². The Morgan fingerprint density at radius 1 is 1.86 bits per heavy atom. The van der Waals surface area contributed by atoms with Gasteiger partial charge in [0.1, 0.15) is 0 Å². The first-order chi connectivity index (χ1) is 2.77. The van der Waals surface area contributed by atoms with Gasteiger partial charge in [0.15, 0.2) is 0 Å². The van der Waals surface area contributed by atoms with Crippen LogP contribution in [0.3, 0.4) is 0 Å². The summed E-state index contributed by atoms with van der Waals surface area (Å²) in [5.41, 5.74) is 0. The van der Waals surface area contributed by atoms with E-state index in [0.717, 1.165) is 5.75 Å². The molecule has 0 aliphatic rings. The molecule has 0 aromatic rings. The van der Waals surface area contributed by atoms with E-state index in [1.54, 1.807) is 0 Å². The third kappa shape index (κ3) is 11.5. The summed E-state index contributed by atoms with van der Waals surface area (Å²) < 4.78 is 0.623. The van der Waals surface area contributed by atoms with Crippen LogP contribution in [0.25, 0.3) is 0 Å². The standard InChI is InChI=1S/C3H6S3.Pm/c1-2-6-3(4)5;/h2H2,1H3,(H,4,5);/p-1. The molecule has 0 atom stereocenters. The molecule has 0 fully saturated rings. The first kappa shape index (κ1) is 11.8. The van der Waals surface area contributed by atoms with Crippen LogP contribution in [-0.2, 0) is 12.6 Å². The van der Waals surface area contributed by atoms with Crippen molar-refractivity contribution in [1.29, 1.82) is 0 Å². The van der Waals surface area contributed by atoms with Crippen molar-refractivity contribution < 1.29 is 40.4 Å². The van der Waals surface area contributed by atoms with Crippen molar-refractivity contribution in [2.45, 2.75) is 6.92 Å². The van der Waals surface area contributed by atoms with Crippen molar-refractivity contribution in [1.82, 2.24) is 0 Å².